The van der Waals surface area contributed by atoms with E-state index in [1.807, 2.05) is 0 Å². The molecule has 1 saturated heterocycles. The van der Waals surface area contributed by atoms with Crippen molar-refractivity contribution in [2.24, 2.45) is 0 Å². The number of carboxylic acids is 1. The van der Waals surface area contributed by atoms with Crippen LogP contribution in [0.5, 0.6) is 0 Å². The molecule has 2 N–H and O–H groups in total. The summed E-state index contributed by atoms with van der Waals surface area (Å²) in [5, 5.41) is 11.5. The van der Waals surface area contributed by atoms with E-state index in [0.29, 0.717) is 0 Å². The highest BCUT2D eigenvalue weighted by Gasteiger charge is 2.25. The Morgan fingerprint density at radius 3 is 2.77 bits per heavy atom. The molecule has 74 valence electrons. The minimum atomic E-state index is -0.978. The molecule has 0 saturated carbocycles. The van der Waals surface area contributed by atoms with Gasteiger partial charge < -0.3 is 15.3 Å². The summed E-state index contributed by atoms with van der Waals surface area (Å²) in [6.45, 7) is 0.619. The monoisotopic (exact) mass is 186 g/mol. The standard InChI is InChI=1S/C8H14N2O3/c1-10(5-7(11)12)8(13)6-3-2-4-9-6/h6,9H,2-5H2,1H3,(H,11,12)/t6-/m0/s1. The predicted molar refractivity (Wildman–Crippen MR) is 46.3 cm³/mol. The van der Waals surface area contributed by atoms with Gasteiger partial charge in [0.25, 0.3) is 0 Å². The molecule has 1 aliphatic heterocycles. The number of amides is 1. The summed E-state index contributed by atoms with van der Waals surface area (Å²) in [6, 6.07) is -0.177. The molecule has 0 aromatic carbocycles. The Hall–Kier alpha value is -1.10. The number of hydrogen-bond acceptors (Lipinski definition) is 3. The Labute approximate surface area is 76.7 Å². The summed E-state index contributed by atoms with van der Waals surface area (Å²) in [7, 11) is 1.51. The number of carboxylic acid groups (broad SMARTS) is 1. The van der Waals surface area contributed by atoms with Crippen LogP contribution in [0.25, 0.3) is 0 Å². The molecule has 1 aliphatic rings. The average Bonchev–Trinajstić information content (AvgIpc) is 2.53. The first-order valence-electron chi connectivity index (χ1n) is 4.31. The summed E-state index contributed by atoms with van der Waals surface area (Å²) in [5.41, 5.74) is 0. The van der Waals surface area contributed by atoms with Gasteiger partial charge in [-0.25, -0.2) is 0 Å². The third-order valence-electron chi connectivity index (χ3n) is 2.11. The van der Waals surface area contributed by atoms with E-state index in [1.54, 1.807) is 0 Å². The van der Waals surface area contributed by atoms with Crippen molar-refractivity contribution in [1.29, 1.82) is 0 Å². The summed E-state index contributed by atoms with van der Waals surface area (Å²) in [5.74, 6) is -1.10. The van der Waals surface area contributed by atoms with Gasteiger partial charge in [0.1, 0.15) is 6.54 Å². The van der Waals surface area contributed by atoms with Crippen molar-refractivity contribution in [3.8, 4) is 0 Å². The first-order valence-corrected chi connectivity index (χ1v) is 4.31. The third kappa shape index (κ3) is 2.69. The molecule has 13 heavy (non-hydrogen) atoms. The molecule has 1 atom stereocenters. The Morgan fingerprint density at radius 2 is 2.31 bits per heavy atom. The molecule has 1 amide bonds. The van der Waals surface area contributed by atoms with E-state index in [0.717, 1.165) is 19.4 Å². The highest BCUT2D eigenvalue weighted by molar-refractivity contribution is 5.85. The second kappa shape index (κ2) is 4.23. The van der Waals surface area contributed by atoms with Crippen molar-refractivity contribution in [1.82, 2.24) is 10.2 Å². The second-order valence-electron chi connectivity index (χ2n) is 3.24. The molecule has 0 aromatic rings. The van der Waals surface area contributed by atoms with Gasteiger partial charge in [-0.3, -0.25) is 9.59 Å². The molecular weight excluding hydrogens is 172 g/mol. The molecule has 0 unspecified atom stereocenters. The largest absolute Gasteiger partial charge is 0.480 e. The van der Waals surface area contributed by atoms with Crippen LogP contribution in [-0.2, 0) is 9.59 Å². The average molecular weight is 186 g/mol. The molecule has 0 spiro atoms. The lowest BCUT2D eigenvalue weighted by atomic mass is 10.2. The summed E-state index contributed by atoms with van der Waals surface area (Å²) in [4.78, 5) is 23.0. The number of nitrogens with one attached hydrogen (secondary N) is 1. The molecule has 0 aromatic heterocycles. The smallest absolute Gasteiger partial charge is 0.323 e. The van der Waals surface area contributed by atoms with Gasteiger partial charge in [-0.15, -0.1) is 0 Å². The van der Waals surface area contributed by atoms with E-state index in [1.165, 1.54) is 11.9 Å². The van der Waals surface area contributed by atoms with Crippen molar-refractivity contribution in [3.05, 3.63) is 0 Å². The number of nitrogens with zero attached hydrogens (tertiary/aromatic N) is 1. The minimum Gasteiger partial charge on any atom is -0.480 e. The van der Waals surface area contributed by atoms with Crippen LogP contribution in [-0.4, -0.2) is 48.1 Å². The van der Waals surface area contributed by atoms with E-state index in [9.17, 15) is 9.59 Å². The van der Waals surface area contributed by atoms with Crippen molar-refractivity contribution < 1.29 is 14.7 Å². The van der Waals surface area contributed by atoms with Crippen LogP contribution in [0.3, 0.4) is 0 Å². The highest BCUT2D eigenvalue weighted by Crippen LogP contribution is 2.07. The number of likely N-dealkylation sites (N-methyl/N-ethyl adjacent to an activating group) is 1. The molecule has 1 fully saturated rings. The van der Waals surface area contributed by atoms with Crippen molar-refractivity contribution >= 4 is 11.9 Å². The zero-order chi connectivity index (χ0) is 9.84. The van der Waals surface area contributed by atoms with Crippen LogP contribution in [0.1, 0.15) is 12.8 Å². The maximum absolute atomic E-state index is 11.5. The lowest BCUT2D eigenvalue weighted by Crippen LogP contribution is -2.43. The van der Waals surface area contributed by atoms with Crippen molar-refractivity contribution in [2.75, 3.05) is 20.1 Å². The Bertz CT molecular complexity index is 211. The summed E-state index contributed by atoms with van der Waals surface area (Å²) in [6.07, 6.45) is 1.79. The summed E-state index contributed by atoms with van der Waals surface area (Å²) < 4.78 is 0. The van der Waals surface area contributed by atoms with Crippen LogP contribution in [0, 0.1) is 0 Å². The lowest BCUT2D eigenvalue weighted by Gasteiger charge is -2.18. The third-order valence-corrected chi connectivity index (χ3v) is 2.11. The normalized spacial score (nSPS) is 21.5. The SMILES string of the molecule is CN(CC(=O)O)C(=O)[C@@H]1CCCN1. The fraction of sp³-hybridized carbons (Fsp3) is 0.750. The van der Waals surface area contributed by atoms with E-state index in [2.05, 4.69) is 5.32 Å². The van der Waals surface area contributed by atoms with Crippen LogP contribution in [0.4, 0.5) is 0 Å². The Kier molecular flexibility index (Phi) is 3.25. The molecule has 5 heteroatoms. The highest BCUT2D eigenvalue weighted by atomic mass is 16.4. The van der Waals surface area contributed by atoms with Crippen molar-refractivity contribution in [2.45, 2.75) is 18.9 Å². The number of carbonyl (C=O) groups excluding carboxylic acids is 1. The first-order chi connectivity index (χ1) is 6.11. The van der Waals surface area contributed by atoms with Crippen LogP contribution >= 0.6 is 0 Å². The number of hydrogen-bond donors (Lipinski definition) is 2. The molecular formula is C8H14N2O3. The van der Waals surface area contributed by atoms with Crippen LogP contribution in [0.15, 0.2) is 0 Å². The van der Waals surface area contributed by atoms with Gasteiger partial charge in [0.2, 0.25) is 5.91 Å². The van der Waals surface area contributed by atoms with E-state index in [4.69, 9.17) is 5.11 Å². The second-order valence-corrected chi connectivity index (χ2v) is 3.24. The van der Waals surface area contributed by atoms with Crippen LogP contribution < -0.4 is 5.32 Å². The Morgan fingerprint density at radius 1 is 1.62 bits per heavy atom. The first kappa shape index (κ1) is 9.98. The van der Waals surface area contributed by atoms with Gasteiger partial charge in [0.05, 0.1) is 6.04 Å². The lowest BCUT2D eigenvalue weighted by molar-refractivity contribution is -0.144. The van der Waals surface area contributed by atoms with E-state index < -0.39 is 5.97 Å². The molecule has 1 heterocycles. The van der Waals surface area contributed by atoms with E-state index in [-0.39, 0.29) is 18.5 Å². The maximum atomic E-state index is 11.5. The Balaban J connectivity index is 2.41. The maximum Gasteiger partial charge on any atom is 0.323 e. The molecule has 0 bridgehead atoms. The topological polar surface area (TPSA) is 69.6 Å². The number of rotatable bonds is 3. The molecule has 0 aliphatic carbocycles. The van der Waals surface area contributed by atoms with Gasteiger partial charge in [0.15, 0.2) is 0 Å². The van der Waals surface area contributed by atoms with Gasteiger partial charge in [-0.05, 0) is 19.4 Å². The molecule has 5 nitrogen and oxygen atoms in total. The van der Waals surface area contributed by atoms with Gasteiger partial charge in [0, 0.05) is 7.05 Å². The van der Waals surface area contributed by atoms with Crippen LogP contribution in [0.2, 0.25) is 0 Å². The number of aliphatic carboxylic acids is 1. The molecule has 1 rings (SSSR count). The zero-order valence-corrected chi connectivity index (χ0v) is 7.62. The summed E-state index contributed by atoms with van der Waals surface area (Å²) >= 11 is 0. The predicted octanol–water partition coefficient (Wildman–Crippen LogP) is -0.719. The fourth-order valence-corrected chi connectivity index (χ4v) is 1.44. The van der Waals surface area contributed by atoms with Gasteiger partial charge in [-0.2, -0.15) is 0 Å². The van der Waals surface area contributed by atoms with E-state index >= 15 is 0 Å². The van der Waals surface area contributed by atoms with Crippen molar-refractivity contribution in [3.63, 3.8) is 0 Å². The quantitative estimate of drug-likeness (QED) is 0.610. The van der Waals surface area contributed by atoms with Gasteiger partial charge >= 0.3 is 5.97 Å². The van der Waals surface area contributed by atoms with Gasteiger partial charge in [-0.1, -0.05) is 0 Å². The fourth-order valence-electron chi connectivity index (χ4n) is 1.44. The minimum absolute atomic E-state index is 0.125. The zero-order valence-electron chi connectivity index (χ0n) is 7.62. The molecule has 0 radical (unpaired) electrons. The number of carbonyl (C=O) groups is 2.